The second-order valence-corrected chi connectivity index (χ2v) is 5.67. The Bertz CT molecular complexity index is 616. The Kier molecular flexibility index (Phi) is 3.88. The van der Waals surface area contributed by atoms with Gasteiger partial charge in [0, 0.05) is 32.2 Å². The van der Waals surface area contributed by atoms with Crippen LogP contribution >= 0.6 is 0 Å². The molecule has 1 saturated heterocycles. The van der Waals surface area contributed by atoms with Crippen molar-refractivity contribution in [2.45, 2.75) is 27.3 Å². The van der Waals surface area contributed by atoms with E-state index in [4.69, 9.17) is 4.52 Å². The molecule has 0 N–H and O–H groups in total. The van der Waals surface area contributed by atoms with Crippen LogP contribution in [-0.2, 0) is 6.54 Å². The van der Waals surface area contributed by atoms with Gasteiger partial charge in [0.25, 0.3) is 0 Å². The van der Waals surface area contributed by atoms with E-state index < -0.39 is 0 Å². The largest absolute Gasteiger partial charge is 0.360 e. The maximum Gasteiger partial charge on any atom is 0.151 e. The smallest absolute Gasteiger partial charge is 0.151 e. The van der Waals surface area contributed by atoms with E-state index in [-0.39, 0.29) is 0 Å². The molecule has 1 aliphatic heterocycles. The van der Waals surface area contributed by atoms with Crippen molar-refractivity contribution in [3.8, 4) is 0 Å². The molecule has 0 unspecified atom stereocenters. The number of hydrogen-bond donors (Lipinski definition) is 0. The van der Waals surface area contributed by atoms with Crippen molar-refractivity contribution < 1.29 is 4.52 Å². The number of rotatable bonds is 3. The molecule has 21 heavy (non-hydrogen) atoms. The fraction of sp³-hybridized carbons (Fsp3) is 0.533. The molecular weight excluding hydrogens is 266 g/mol. The van der Waals surface area contributed by atoms with Crippen molar-refractivity contribution in [3.05, 3.63) is 34.8 Å². The SMILES string of the molecule is Cc1cc(CN2CCN(c3cc(C)c(C)nn3)CC2)on1. The van der Waals surface area contributed by atoms with E-state index in [1.807, 2.05) is 19.9 Å². The van der Waals surface area contributed by atoms with E-state index in [1.54, 1.807) is 0 Å². The molecule has 2 aromatic rings. The Morgan fingerprint density at radius 2 is 1.81 bits per heavy atom. The molecule has 112 valence electrons. The Morgan fingerprint density at radius 1 is 1.05 bits per heavy atom. The first-order valence-electron chi connectivity index (χ1n) is 7.32. The number of anilines is 1. The number of aromatic nitrogens is 3. The quantitative estimate of drug-likeness (QED) is 0.856. The topological polar surface area (TPSA) is 58.3 Å². The van der Waals surface area contributed by atoms with Crippen LogP contribution in [0, 0.1) is 20.8 Å². The van der Waals surface area contributed by atoms with Crippen LogP contribution in [0.1, 0.15) is 22.7 Å². The summed E-state index contributed by atoms with van der Waals surface area (Å²) in [4.78, 5) is 4.67. The lowest BCUT2D eigenvalue weighted by Crippen LogP contribution is -2.46. The molecule has 3 rings (SSSR count). The zero-order chi connectivity index (χ0) is 14.8. The van der Waals surface area contributed by atoms with Crippen LogP contribution in [0.3, 0.4) is 0 Å². The second-order valence-electron chi connectivity index (χ2n) is 5.67. The molecule has 2 aromatic heterocycles. The summed E-state index contributed by atoms with van der Waals surface area (Å²) in [5, 5.41) is 12.5. The van der Waals surface area contributed by atoms with Gasteiger partial charge in [-0.15, -0.1) is 5.10 Å². The van der Waals surface area contributed by atoms with E-state index in [2.05, 4.69) is 38.1 Å². The Morgan fingerprint density at radius 3 is 2.43 bits per heavy atom. The lowest BCUT2D eigenvalue weighted by atomic mass is 10.2. The van der Waals surface area contributed by atoms with Gasteiger partial charge in [0.05, 0.1) is 17.9 Å². The standard InChI is InChI=1S/C15H21N5O/c1-11-8-15(17-16-13(11)3)20-6-4-19(5-7-20)10-14-9-12(2)18-21-14/h8-9H,4-7,10H2,1-3H3. The van der Waals surface area contributed by atoms with Crippen LogP contribution in [-0.4, -0.2) is 46.4 Å². The third kappa shape index (κ3) is 3.21. The summed E-state index contributed by atoms with van der Waals surface area (Å²) in [7, 11) is 0. The molecule has 3 heterocycles. The Balaban J connectivity index is 1.58. The van der Waals surface area contributed by atoms with E-state index in [9.17, 15) is 0 Å². The summed E-state index contributed by atoms with van der Waals surface area (Å²) >= 11 is 0. The predicted molar refractivity (Wildman–Crippen MR) is 80.2 cm³/mol. The molecule has 0 radical (unpaired) electrons. The van der Waals surface area contributed by atoms with E-state index in [0.717, 1.165) is 55.7 Å². The number of hydrogen-bond acceptors (Lipinski definition) is 6. The molecule has 0 saturated carbocycles. The van der Waals surface area contributed by atoms with Gasteiger partial charge in [-0.05, 0) is 32.4 Å². The third-order valence-corrected chi connectivity index (χ3v) is 3.97. The lowest BCUT2D eigenvalue weighted by Gasteiger charge is -2.34. The summed E-state index contributed by atoms with van der Waals surface area (Å²) in [6.45, 7) is 10.8. The lowest BCUT2D eigenvalue weighted by molar-refractivity contribution is 0.219. The minimum Gasteiger partial charge on any atom is -0.360 e. The molecule has 1 fully saturated rings. The van der Waals surface area contributed by atoms with Gasteiger partial charge in [0.1, 0.15) is 0 Å². The molecular formula is C15H21N5O. The van der Waals surface area contributed by atoms with Crippen LogP contribution in [0.2, 0.25) is 0 Å². The van der Waals surface area contributed by atoms with Crippen molar-refractivity contribution in [1.29, 1.82) is 0 Å². The van der Waals surface area contributed by atoms with Gasteiger partial charge >= 0.3 is 0 Å². The Labute approximate surface area is 124 Å². The summed E-state index contributed by atoms with van der Waals surface area (Å²) in [6, 6.07) is 4.12. The fourth-order valence-electron chi connectivity index (χ4n) is 2.53. The van der Waals surface area contributed by atoms with E-state index in [1.165, 1.54) is 5.56 Å². The summed E-state index contributed by atoms with van der Waals surface area (Å²) in [6.07, 6.45) is 0. The second kappa shape index (κ2) is 5.81. The van der Waals surface area contributed by atoms with Gasteiger partial charge in [-0.2, -0.15) is 5.10 Å². The van der Waals surface area contributed by atoms with Crippen molar-refractivity contribution in [2.24, 2.45) is 0 Å². The van der Waals surface area contributed by atoms with E-state index in [0.29, 0.717) is 0 Å². The molecule has 0 bridgehead atoms. The summed E-state index contributed by atoms with van der Waals surface area (Å²) < 4.78 is 5.28. The number of aryl methyl sites for hydroxylation is 3. The minimum atomic E-state index is 0.827. The van der Waals surface area contributed by atoms with Crippen LogP contribution in [0.5, 0.6) is 0 Å². The fourth-order valence-corrected chi connectivity index (χ4v) is 2.53. The van der Waals surface area contributed by atoms with Gasteiger partial charge in [0.2, 0.25) is 0 Å². The molecule has 0 atom stereocenters. The first-order valence-corrected chi connectivity index (χ1v) is 7.32. The van der Waals surface area contributed by atoms with Crippen LogP contribution < -0.4 is 4.90 Å². The number of nitrogens with zero attached hydrogens (tertiary/aromatic N) is 5. The summed E-state index contributed by atoms with van der Waals surface area (Å²) in [5.74, 6) is 1.92. The average molecular weight is 287 g/mol. The molecule has 6 nitrogen and oxygen atoms in total. The molecule has 1 aliphatic rings. The third-order valence-electron chi connectivity index (χ3n) is 3.97. The molecule has 0 spiro atoms. The van der Waals surface area contributed by atoms with Crippen molar-refractivity contribution in [3.63, 3.8) is 0 Å². The predicted octanol–water partition coefficient (Wildman–Crippen LogP) is 1.71. The van der Waals surface area contributed by atoms with Crippen LogP contribution in [0.25, 0.3) is 0 Å². The maximum absolute atomic E-state index is 5.28. The van der Waals surface area contributed by atoms with Gasteiger partial charge in [-0.3, -0.25) is 4.90 Å². The minimum absolute atomic E-state index is 0.827. The van der Waals surface area contributed by atoms with E-state index >= 15 is 0 Å². The van der Waals surface area contributed by atoms with Gasteiger partial charge in [-0.25, -0.2) is 0 Å². The molecule has 0 aliphatic carbocycles. The average Bonchev–Trinajstić information content (AvgIpc) is 2.88. The first kappa shape index (κ1) is 14.0. The van der Waals surface area contributed by atoms with Crippen molar-refractivity contribution >= 4 is 5.82 Å². The van der Waals surface area contributed by atoms with Crippen molar-refractivity contribution in [1.82, 2.24) is 20.3 Å². The molecule has 0 aromatic carbocycles. The van der Waals surface area contributed by atoms with Crippen molar-refractivity contribution in [2.75, 3.05) is 31.1 Å². The zero-order valence-electron chi connectivity index (χ0n) is 12.8. The number of piperazine rings is 1. The van der Waals surface area contributed by atoms with Crippen LogP contribution in [0.4, 0.5) is 5.82 Å². The summed E-state index contributed by atoms with van der Waals surface area (Å²) in [5.41, 5.74) is 3.13. The zero-order valence-corrected chi connectivity index (χ0v) is 12.8. The molecule has 0 amide bonds. The Hall–Kier alpha value is -1.95. The monoisotopic (exact) mass is 287 g/mol. The van der Waals surface area contributed by atoms with Crippen LogP contribution in [0.15, 0.2) is 16.7 Å². The highest BCUT2D eigenvalue weighted by atomic mass is 16.5. The van der Waals surface area contributed by atoms with Gasteiger partial charge in [0.15, 0.2) is 11.6 Å². The van der Waals surface area contributed by atoms with Gasteiger partial charge < -0.3 is 9.42 Å². The first-order chi connectivity index (χ1) is 10.1. The highest BCUT2D eigenvalue weighted by molar-refractivity contribution is 5.41. The normalized spacial score (nSPS) is 16.4. The molecule has 6 heteroatoms. The maximum atomic E-state index is 5.28. The highest BCUT2D eigenvalue weighted by Crippen LogP contribution is 2.16. The van der Waals surface area contributed by atoms with Gasteiger partial charge in [-0.1, -0.05) is 5.16 Å². The highest BCUT2D eigenvalue weighted by Gasteiger charge is 2.19.